The third kappa shape index (κ3) is 4.88. The van der Waals surface area contributed by atoms with Gasteiger partial charge in [0.05, 0.1) is 0 Å². The molecule has 6 aromatic rings. The molecule has 0 amide bonds. The molecule has 2 atom stereocenters. The van der Waals surface area contributed by atoms with Crippen molar-refractivity contribution >= 4 is 28.4 Å². The van der Waals surface area contributed by atoms with Crippen LogP contribution < -0.4 is 10.4 Å². The second kappa shape index (κ2) is 12.1. The third-order valence-corrected chi connectivity index (χ3v) is 50.7. The van der Waals surface area contributed by atoms with Gasteiger partial charge < -0.3 is 0 Å². The van der Waals surface area contributed by atoms with Crippen molar-refractivity contribution in [2.75, 3.05) is 0 Å². The predicted octanol–water partition coefficient (Wildman–Crippen LogP) is 11.0. The Morgan fingerprint density at radius 3 is 1.15 bits per heavy atom. The summed E-state index contributed by atoms with van der Waals surface area (Å²) in [5.41, 5.74) is 14.4. The Bertz CT molecular complexity index is 2030. The average molecular weight is 715 g/mol. The van der Waals surface area contributed by atoms with Crippen LogP contribution in [0.3, 0.4) is 0 Å². The van der Waals surface area contributed by atoms with Gasteiger partial charge >= 0.3 is 290 Å². The van der Waals surface area contributed by atoms with Crippen molar-refractivity contribution in [3.05, 3.63) is 191 Å². The van der Waals surface area contributed by atoms with Crippen LogP contribution in [0.2, 0.25) is 9.26 Å². The molecule has 0 aromatic heterocycles. The topological polar surface area (TPSA) is 0 Å². The molecule has 0 fully saturated rings. The molecule has 0 saturated heterocycles. The fraction of sp³-hybridized carbons (Fsp3) is 0.130. The minimum atomic E-state index is -4.28. The molecule has 2 unspecified atom stereocenters. The standard InChI is InChI=1S/2C16H13.C12H11Si.2CH3.Zr/c2*1-12-10-14-8-5-9-15(16(14)11-12)13-6-3-2-4-7-13;1-3-7-11(8-4-1)13-12-9-5-2-6-10-12;;;/h2*2-11H,1H3;1-10,13H;2*1H3;. The SMILES string of the molecule is CC1=Cc2c(-c3ccccc3)cccc2[CH]1[Zr]([CH3])([CH3])([CH]1C(C)=Cc2c(-c3ccccc3)cccc21)[SiH](c1ccccc1)c1ccccc1. The van der Waals surface area contributed by atoms with Crippen LogP contribution >= 0.6 is 0 Å². The van der Waals surface area contributed by atoms with Gasteiger partial charge in [0, 0.05) is 0 Å². The van der Waals surface area contributed by atoms with Crippen molar-refractivity contribution in [3.63, 3.8) is 0 Å². The van der Waals surface area contributed by atoms with Gasteiger partial charge in [-0.15, -0.1) is 0 Å². The van der Waals surface area contributed by atoms with Crippen LogP contribution in [0, 0.1) is 0 Å². The maximum atomic E-state index is 2.89. The molecular weight excluding hydrogens is 672 g/mol. The average Bonchev–Trinajstić information content (AvgIpc) is 3.66. The summed E-state index contributed by atoms with van der Waals surface area (Å²) in [5.74, 6) is -1.85. The van der Waals surface area contributed by atoms with Crippen LogP contribution in [0.25, 0.3) is 34.4 Å². The van der Waals surface area contributed by atoms with E-state index in [2.05, 4.69) is 193 Å². The number of allylic oxidation sites excluding steroid dienone is 2. The summed E-state index contributed by atoms with van der Waals surface area (Å²) in [5, 5.41) is 3.17. The Morgan fingerprint density at radius 1 is 0.417 bits per heavy atom. The molecule has 0 radical (unpaired) electrons. The molecule has 0 aliphatic heterocycles. The summed E-state index contributed by atoms with van der Waals surface area (Å²) in [6, 6.07) is 59.7. The molecule has 0 N–H and O–H groups in total. The molecule has 235 valence electrons. The molecule has 8 rings (SSSR count). The van der Waals surface area contributed by atoms with E-state index in [0.29, 0.717) is 7.25 Å². The number of fused-ring (bicyclic) bond motifs is 2. The first kappa shape index (κ1) is 31.2. The molecule has 0 bridgehead atoms. The first-order valence-electron chi connectivity index (χ1n) is 17.4. The van der Waals surface area contributed by atoms with Crippen LogP contribution in [0.1, 0.15) is 43.4 Å². The molecular formula is C46H43SiZr. The maximum absolute atomic E-state index is 4.28. The summed E-state index contributed by atoms with van der Waals surface area (Å²) in [6.07, 6.45) is 5.14. The zero-order valence-corrected chi connectivity index (χ0v) is 32.0. The molecule has 2 heteroatoms. The van der Waals surface area contributed by atoms with Crippen LogP contribution in [0.4, 0.5) is 0 Å². The van der Waals surface area contributed by atoms with Crippen molar-refractivity contribution in [2.45, 2.75) is 30.4 Å². The minimum absolute atomic E-state index is 0.418. The number of hydrogen-bond acceptors (Lipinski definition) is 0. The Hall–Kier alpha value is -4.10. The van der Waals surface area contributed by atoms with Gasteiger partial charge in [0.15, 0.2) is 0 Å². The van der Waals surface area contributed by atoms with Gasteiger partial charge in [0.2, 0.25) is 0 Å². The normalized spacial score (nSPS) is 17.6. The summed E-state index contributed by atoms with van der Waals surface area (Å²) in [7, 11) is 0. The number of hydrogen-bond donors (Lipinski definition) is 0. The molecule has 48 heavy (non-hydrogen) atoms. The van der Waals surface area contributed by atoms with Crippen LogP contribution in [0.15, 0.2) is 169 Å². The fourth-order valence-corrected chi connectivity index (χ4v) is 57.5. The van der Waals surface area contributed by atoms with E-state index in [9.17, 15) is 0 Å². The molecule has 6 aromatic carbocycles. The Morgan fingerprint density at radius 2 is 0.771 bits per heavy atom. The Labute approximate surface area is 288 Å². The van der Waals surface area contributed by atoms with E-state index in [4.69, 9.17) is 0 Å². The Kier molecular flexibility index (Phi) is 7.86. The summed E-state index contributed by atoms with van der Waals surface area (Å²) >= 11 is -4.28. The predicted molar refractivity (Wildman–Crippen MR) is 208 cm³/mol. The van der Waals surface area contributed by atoms with Crippen molar-refractivity contribution in [1.29, 1.82) is 0 Å². The first-order chi connectivity index (χ1) is 23.4. The van der Waals surface area contributed by atoms with E-state index in [1.807, 2.05) is 0 Å². The van der Waals surface area contributed by atoms with Crippen molar-refractivity contribution in [2.24, 2.45) is 0 Å². The number of rotatable bonds is 7. The van der Waals surface area contributed by atoms with E-state index in [0.717, 1.165) is 0 Å². The van der Waals surface area contributed by atoms with Gasteiger partial charge in [0.1, 0.15) is 0 Å². The second-order valence-corrected chi connectivity index (χ2v) is 48.5. The first-order valence-corrected chi connectivity index (χ1v) is 31.1. The van der Waals surface area contributed by atoms with E-state index in [1.165, 1.54) is 33.4 Å². The summed E-state index contributed by atoms with van der Waals surface area (Å²) in [4.78, 5) is 0. The fourth-order valence-electron chi connectivity index (χ4n) is 10.3. The van der Waals surface area contributed by atoms with E-state index in [1.54, 1.807) is 32.6 Å². The number of benzene rings is 6. The van der Waals surface area contributed by atoms with Crippen LogP contribution in [-0.2, 0) is 17.9 Å². The van der Waals surface area contributed by atoms with Crippen molar-refractivity contribution in [3.8, 4) is 22.3 Å². The zero-order valence-electron chi connectivity index (χ0n) is 28.4. The Balaban J connectivity index is 1.45. The van der Waals surface area contributed by atoms with Gasteiger partial charge in [0.25, 0.3) is 0 Å². The zero-order chi connectivity index (χ0) is 32.9. The second-order valence-electron chi connectivity index (χ2n) is 15.0. The van der Waals surface area contributed by atoms with Crippen molar-refractivity contribution in [1.82, 2.24) is 0 Å². The molecule has 0 heterocycles. The third-order valence-electron chi connectivity index (χ3n) is 11.7. The van der Waals surface area contributed by atoms with E-state index < -0.39 is 23.9 Å². The molecule has 2 aliphatic rings. The van der Waals surface area contributed by atoms with Crippen LogP contribution in [-0.4, -0.2) is 5.92 Å². The van der Waals surface area contributed by atoms with Gasteiger partial charge in [-0.3, -0.25) is 0 Å². The molecule has 0 nitrogen and oxygen atoms in total. The van der Waals surface area contributed by atoms with E-state index >= 15 is 0 Å². The molecule has 2 aliphatic carbocycles. The van der Waals surface area contributed by atoms with Gasteiger partial charge in [-0.05, 0) is 0 Å². The quantitative estimate of drug-likeness (QED) is 0.144. The molecule has 0 saturated carbocycles. The van der Waals surface area contributed by atoms with Gasteiger partial charge in [-0.2, -0.15) is 0 Å². The van der Waals surface area contributed by atoms with Crippen LogP contribution in [0.5, 0.6) is 0 Å². The van der Waals surface area contributed by atoms with E-state index in [-0.39, 0.29) is 0 Å². The van der Waals surface area contributed by atoms with Gasteiger partial charge in [-0.25, -0.2) is 0 Å². The van der Waals surface area contributed by atoms with Crippen molar-refractivity contribution < 1.29 is 17.9 Å². The summed E-state index contributed by atoms with van der Waals surface area (Å²) in [6.45, 7) is 4.91. The summed E-state index contributed by atoms with van der Waals surface area (Å²) < 4.78 is 6.61. The molecule has 0 spiro atoms. The van der Waals surface area contributed by atoms with Gasteiger partial charge in [-0.1, -0.05) is 0 Å². The monoisotopic (exact) mass is 713 g/mol.